The molecule has 7 heteroatoms. The fourth-order valence-corrected chi connectivity index (χ4v) is 3.09. The number of aryl methyl sites for hydroxylation is 1. The lowest BCUT2D eigenvalue weighted by molar-refractivity contribution is -0.121. The topological polar surface area (TPSA) is 80.0 Å². The average Bonchev–Trinajstić information content (AvgIpc) is 3.10. The first-order valence-corrected chi connectivity index (χ1v) is 9.14. The monoisotopic (exact) mass is 362 g/mol. The van der Waals surface area contributed by atoms with Crippen molar-refractivity contribution in [1.29, 1.82) is 0 Å². The number of halogens is 1. The van der Waals surface area contributed by atoms with Crippen molar-refractivity contribution in [1.82, 2.24) is 20.8 Å². The van der Waals surface area contributed by atoms with Crippen molar-refractivity contribution in [3.63, 3.8) is 0 Å². The molecule has 2 heterocycles. The van der Waals surface area contributed by atoms with Crippen LogP contribution in [0.5, 0.6) is 0 Å². The summed E-state index contributed by atoms with van der Waals surface area (Å²) in [6, 6.07) is 7.23. The Morgan fingerprint density at radius 2 is 2.20 bits per heavy atom. The molecule has 1 aliphatic rings. The number of amides is 1. The normalized spacial score (nSPS) is 17.4. The van der Waals surface area contributed by atoms with Gasteiger partial charge in [0.15, 0.2) is 0 Å². The van der Waals surface area contributed by atoms with Gasteiger partial charge < -0.3 is 15.2 Å². The highest BCUT2D eigenvalue weighted by Gasteiger charge is 2.14. The van der Waals surface area contributed by atoms with Crippen molar-refractivity contribution in [3.8, 4) is 11.4 Å². The molecule has 1 aliphatic heterocycles. The minimum atomic E-state index is 0.0232. The molecule has 0 aliphatic carbocycles. The molecular weight excluding hydrogens is 340 g/mol. The molecule has 134 valence electrons. The van der Waals surface area contributed by atoms with Gasteiger partial charge in [-0.1, -0.05) is 16.8 Å². The third kappa shape index (κ3) is 5.54. The Hall–Kier alpha value is -1.92. The van der Waals surface area contributed by atoms with Crippen LogP contribution in [0.15, 0.2) is 28.8 Å². The van der Waals surface area contributed by atoms with E-state index in [1.165, 1.54) is 12.8 Å². The second kappa shape index (κ2) is 8.97. The van der Waals surface area contributed by atoms with E-state index < -0.39 is 0 Å². The number of hydrogen-bond acceptors (Lipinski definition) is 5. The van der Waals surface area contributed by atoms with E-state index in [1.807, 2.05) is 12.1 Å². The van der Waals surface area contributed by atoms with Crippen molar-refractivity contribution in [2.45, 2.75) is 32.1 Å². The second-order valence-corrected chi connectivity index (χ2v) is 6.81. The van der Waals surface area contributed by atoms with Gasteiger partial charge in [-0.05, 0) is 62.5 Å². The molecular formula is C18H23ClN4O2. The molecule has 1 aromatic carbocycles. The third-order valence-electron chi connectivity index (χ3n) is 4.41. The summed E-state index contributed by atoms with van der Waals surface area (Å²) in [5.41, 5.74) is 0.838. The van der Waals surface area contributed by atoms with Gasteiger partial charge in [0.2, 0.25) is 17.6 Å². The number of piperidine rings is 1. The van der Waals surface area contributed by atoms with E-state index in [-0.39, 0.29) is 5.91 Å². The van der Waals surface area contributed by atoms with Gasteiger partial charge in [0, 0.05) is 30.0 Å². The van der Waals surface area contributed by atoms with Crippen molar-refractivity contribution >= 4 is 17.5 Å². The van der Waals surface area contributed by atoms with Crippen LogP contribution in [0.4, 0.5) is 0 Å². The highest BCUT2D eigenvalue weighted by atomic mass is 35.5. The molecule has 0 radical (unpaired) electrons. The van der Waals surface area contributed by atoms with E-state index in [0.717, 1.165) is 31.6 Å². The summed E-state index contributed by atoms with van der Waals surface area (Å²) >= 11 is 5.87. The van der Waals surface area contributed by atoms with Crippen LogP contribution in [0, 0.1) is 5.92 Å². The Balaban J connectivity index is 1.39. The van der Waals surface area contributed by atoms with Gasteiger partial charge >= 0.3 is 0 Å². The minimum Gasteiger partial charge on any atom is -0.356 e. The lowest BCUT2D eigenvalue weighted by Crippen LogP contribution is -2.33. The number of nitrogens with zero attached hydrogens (tertiary/aromatic N) is 2. The average molecular weight is 363 g/mol. The van der Waals surface area contributed by atoms with Gasteiger partial charge in [-0.2, -0.15) is 4.98 Å². The van der Waals surface area contributed by atoms with E-state index in [1.54, 1.807) is 12.1 Å². The lowest BCUT2D eigenvalue weighted by atomic mass is 9.96. The molecule has 2 aromatic rings. The first kappa shape index (κ1) is 17.9. The fraction of sp³-hybridized carbons (Fsp3) is 0.500. The molecule has 1 amide bonds. The third-order valence-corrected chi connectivity index (χ3v) is 4.66. The highest BCUT2D eigenvalue weighted by Crippen LogP contribution is 2.19. The van der Waals surface area contributed by atoms with Gasteiger partial charge in [-0.25, -0.2) is 0 Å². The maximum Gasteiger partial charge on any atom is 0.227 e. The van der Waals surface area contributed by atoms with Gasteiger partial charge in [0.1, 0.15) is 0 Å². The summed E-state index contributed by atoms with van der Waals surface area (Å²) < 4.78 is 5.22. The SMILES string of the molecule is O=C(CCc1nc(-c2ccc(Cl)cc2)no1)NCCC1CCCNC1. The Bertz CT molecular complexity index is 681. The molecule has 25 heavy (non-hydrogen) atoms. The van der Waals surface area contributed by atoms with Crippen molar-refractivity contribution in [2.75, 3.05) is 19.6 Å². The molecule has 1 atom stereocenters. The summed E-state index contributed by atoms with van der Waals surface area (Å²) in [4.78, 5) is 16.3. The number of nitrogens with one attached hydrogen (secondary N) is 2. The molecule has 1 saturated heterocycles. The standard InChI is InChI=1S/C18H23ClN4O2/c19-15-5-3-14(4-6-15)18-22-17(25-23-18)8-7-16(24)21-11-9-13-2-1-10-20-12-13/h3-6,13,20H,1-2,7-12H2,(H,21,24). The van der Waals surface area contributed by atoms with E-state index in [4.69, 9.17) is 16.1 Å². The van der Waals surface area contributed by atoms with Crippen LogP contribution < -0.4 is 10.6 Å². The van der Waals surface area contributed by atoms with E-state index in [0.29, 0.717) is 35.5 Å². The maximum absolute atomic E-state index is 11.9. The molecule has 0 bridgehead atoms. The summed E-state index contributed by atoms with van der Waals surface area (Å²) in [5, 5.41) is 11.0. The predicted molar refractivity (Wildman–Crippen MR) is 96.3 cm³/mol. The zero-order valence-electron chi connectivity index (χ0n) is 14.1. The molecule has 2 N–H and O–H groups in total. The van der Waals surface area contributed by atoms with Gasteiger partial charge in [-0.3, -0.25) is 4.79 Å². The van der Waals surface area contributed by atoms with Crippen LogP contribution in [0.25, 0.3) is 11.4 Å². The van der Waals surface area contributed by atoms with Crippen LogP contribution >= 0.6 is 11.6 Å². The number of hydrogen-bond donors (Lipinski definition) is 2. The summed E-state index contributed by atoms with van der Waals surface area (Å²) in [6.07, 6.45) is 4.30. The van der Waals surface area contributed by atoms with Crippen LogP contribution in [-0.4, -0.2) is 35.7 Å². The zero-order chi connectivity index (χ0) is 17.5. The van der Waals surface area contributed by atoms with E-state index in [2.05, 4.69) is 20.8 Å². The number of aromatic nitrogens is 2. The Labute approximate surface area is 152 Å². The minimum absolute atomic E-state index is 0.0232. The molecule has 3 rings (SSSR count). The van der Waals surface area contributed by atoms with E-state index >= 15 is 0 Å². The van der Waals surface area contributed by atoms with Crippen LogP contribution in [0.2, 0.25) is 5.02 Å². The van der Waals surface area contributed by atoms with Crippen molar-refractivity contribution < 1.29 is 9.32 Å². The highest BCUT2D eigenvalue weighted by molar-refractivity contribution is 6.30. The largest absolute Gasteiger partial charge is 0.356 e. The fourth-order valence-electron chi connectivity index (χ4n) is 2.97. The van der Waals surface area contributed by atoms with Gasteiger partial charge in [0.25, 0.3) is 0 Å². The quantitative estimate of drug-likeness (QED) is 0.791. The van der Waals surface area contributed by atoms with Crippen molar-refractivity contribution in [3.05, 3.63) is 35.2 Å². The molecule has 1 fully saturated rings. The first-order valence-electron chi connectivity index (χ1n) is 8.76. The Morgan fingerprint density at radius 1 is 1.36 bits per heavy atom. The maximum atomic E-state index is 11.9. The molecule has 1 unspecified atom stereocenters. The van der Waals surface area contributed by atoms with Crippen LogP contribution in [0.1, 0.15) is 31.6 Å². The van der Waals surface area contributed by atoms with Crippen LogP contribution in [-0.2, 0) is 11.2 Å². The number of carbonyl (C=O) groups excluding carboxylic acids is 1. The molecule has 6 nitrogen and oxygen atoms in total. The summed E-state index contributed by atoms with van der Waals surface area (Å²) in [5.74, 6) is 1.68. The first-order chi connectivity index (χ1) is 12.2. The molecule has 1 aromatic heterocycles. The second-order valence-electron chi connectivity index (χ2n) is 6.37. The molecule has 0 spiro atoms. The Kier molecular flexibility index (Phi) is 6.42. The molecule has 0 saturated carbocycles. The van der Waals surface area contributed by atoms with E-state index in [9.17, 15) is 4.79 Å². The summed E-state index contributed by atoms with van der Waals surface area (Å²) in [6.45, 7) is 2.90. The number of carbonyl (C=O) groups is 1. The predicted octanol–water partition coefficient (Wildman–Crippen LogP) is 2.83. The van der Waals surface area contributed by atoms with Gasteiger partial charge in [-0.15, -0.1) is 0 Å². The lowest BCUT2D eigenvalue weighted by Gasteiger charge is -2.22. The zero-order valence-corrected chi connectivity index (χ0v) is 14.9. The van der Waals surface area contributed by atoms with Crippen LogP contribution in [0.3, 0.4) is 0 Å². The van der Waals surface area contributed by atoms with Gasteiger partial charge in [0.05, 0.1) is 0 Å². The summed E-state index contributed by atoms with van der Waals surface area (Å²) in [7, 11) is 0. The smallest absolute Gasteiger partial charge is 0.227 e. The number of benzene rings is 1. The Morgan fingerprint density at radius 3 is 2.96 bits per heavy atom. The van der Waals surface area contributed by atoms with Crippen molar-refractivity contribution in [2.24, 2.45) is 5.92 Å². The number of rotatable bonds is 7.